The zero-order valence-electron chi connectivity index (χ0n) is 7.05. The van der Waals surface area contributed by atoms with Crippen molar-refractivity contribution in [3.8, 4) is 6.07 Å². The maximum absolute atomic E-state index is 13.0. The van der Waals surface area contributed by atoms with Gasteiger partial charge in [0.05, 0.1) is 11.6 Å². The zero-order chi connectivity index (χ0) is 10.1. The van der Waals surface area contributed by atoms with Crippen LogP contribution >= 0.6 is 27.3 Å². The van der Waals surface area contributed by atoms with Crippen LogP contribution in [0, 0.1) is 16.5 Å². The number of nitrogens with zero attached hydrogens (tertiary/aromatic N) is 1. The molecule has 0 unspecified atom stereocenters. The van der Waals surface area contributed by atoms with E-state index in [9.17, 15) is 4.39 Å². The van der Waals surface area contributed by atoms with Gasteiger partial charge in [-0.15, -0.1) is 11.3 Å². The summed E-state index contributed by atoms with van der Waals surface area (Å²) in [5.74, 6) is 0. The van der Waals surface area contributed by atoms with Crippen molar-refractivity contribution < 1.29 is 4.39 Å². The lowest BCUT2D eigenvalue weighted by Gasteiger charge is -1.97. The molecule has 0 radical (unpaired) electrons. The Morgan fingerprint density at radius 3 is 2.86 bits per heavy atom. The summed E-state index contributed by atoms with van der Waals surface area (Å²) >= 11 is 4.39. The molecule has 2 aromatic rings. The monoisotopic (exact) mass is 269 g/mol. The van der Waals surface area contributed by atoms with Crippen LogP contribution in [0.3, 0.4) is 0 Å². The van der Waals surface area contributed by atoms with Gasteiger partial charge in [0.1, 0.15) is 0 Å². The van der Waals surface area contributed by atoms with Crippen molar-refractivity contribution in [1.29, 1.82) is 5.26 Å². The molecule has 0 N–H and O–H groups in total. The van der Waals surface area contributed by atoms with Crippen LogP contribution in [0.5, 0.6) is 0 Å². The fourth-order valence-electron chi connectivity index (χ4n) is 1.33. The number of nitriles is 1. The fraction of sp³-hybridized carbons (Fsp3) is 0.100. The predicted octanol–water partition coefficient (Wildman–Crippen LogP) is 3.81. The molecule has 0 spiro atoms. The van der Waals surface area contributed by atoms with Gasteiger partial charge in [-0.05, 0) is 23.8 Å². The van der Waals surface area contributed by atoms with Crippen LogP contribution in [-0.4, -0.2) is 0 Å². The molecule has 0 atom stereocenters. The van der Waals surface area contributed by atoms with E-state index in [1.165, 1.54) is 6.07 Å². The third-order valence-electron chi connectivity index (χ3n) is 1.94. The number of thiophene rings is 1. The van der Waals surface area contributed by atoms with E-state index in [0.29, 0.717) is 16.3 Å². The third kappa shape index (κ3) is 1.54. The number of fused-ring (bicyclic) bond motifs is 1. The van der Waals surface area contributed by atoms with Crippen LogP contribution in [0.1, 0.15) is 11.1 Å². The smallest absolute Gasteiger partial charge is 0.177 e. The van der Waals surface area contributed by atoms with E-state index in [2.05, 4.69) is 22.0 Å². The summed E-state index contributed by atoms with van der Waals surface area (Å²) in [6, 6.07) is 7.17. The summed E-state index contributed by atoms with van der Waals surface area (Å²) in [4.78, 5) is 0. The first kappa shape index (κ1) is 9.63. The molecule has 14 heavy (non-hydrogen) atoms. The highest BCUT2D eigenvalue weighted by molar-refractivity contribution is 9.08. The minimum atomic E-state index is -0.247. The van der Waals surface area contributed by atoms with Gasteiger partial charge in [-0.3, -0.25) is 0 Å². The average Bonchev–Trinajstić information content (AvgIpc) is 2.56. The van der Waals surface area contributed by atoms with Gasteiger partial charge in [0, 0.05) is 15.4 Å². The second-order valence-corrected chi connectivity index (χ2v) is 4.45. The van der Waals surface area contributed by atoms with Crippen LogP contribution < -0.4 is 0 Å². The summed E-state index contributed by atoms with van der Waals surface area (Å²) < 4.78 is 13.8. The van der Waals surface area contributed by atoms with Crippen LogP contribution in [0.25, 0.3) is 10.1 Å². The summed E-state index contributed by atoms with van der Waals surface area (Å²) in [5, 5.41) is 10.0. The summed E-state index contributed by atoms with van der Waals surface area (Å²) in [5.41, 5.74) is 1.54. The van der Waals surface area contributed by atoms with Gasteiger partial charge in [-0.25, -0.2) is 0 Å². The molecule has 0 bridgehead atoms. The van der Waals surface area contributed by atoms with Gasteiger partial charge >= 0.3 is 0 Å². The molecule has 0 aliphatic carbocycles. The van der Waals surface area contributed by atoms with Gasteiger partial charge in [-0.2, -0.15) is 9.65 Å². The fourth-order valence-corrected chi connectivity index (χ4v) is 2.53. The molecule has 0 aliphatic rings. The van der Waals surface area contributed by atoms with Gasteiger partial charge in [0.15, 0.2) is 5.13 Å². The molecule has 1 aromatic heterocycles. The van der Waals surface area contributed by atoms with Gasteiger partial charge in [0.25, 0.3) is 0 Å². The molecule has 1 nitrogen and oxygen atoms in total. The van der Waals surface area contributed by atoms with Crippen molar-refractivity contribution in [2.45, 2.75) is 5.33 Å². The Balaban J connectivity index is 2.80. The summed E-state index contributed by atoms with van der Waals surface area (Å²) in [6.45, 7) is 0. The Labute approximate surface area is 92.9 Å². The predicted molar refractivity (Wildman–Crippen MR) is 59.1 cm³/mol. The highest BCUT2D eigenvalue weighted by Crippen LogP contribution is 2.29. The highest BCUT2D eigenvalue weighted by atomic mass is 79.9. The van der Waals surface area contributed by atoms with E-state index in [4.69, 9.17) is 5.26 Å². The Hall–Kier alpha value is -0.920. The van der Waals surface area contributed by atoms with Crippen LogP contribution in [-0.2, 0) is 5.33 Å². The first-order valence-electron chi connectivity index (χ1n) is 3.92. The molecule has 0 saturated carbocycles. The summed E-state index contributed by atoms with van der Waals surface area (Å²) in [6.07, 6.45) is 0. The van der Waals surface area contributed by atoms with E-state index in [1.54, 1.807) is 6.07 Å². The second kappa shape index (κ2) is 3.68. The SMILES string of the molecule is N#Cc1cc(CBr)cc2sc(F)cc12. The van der Waals surface area contributed by atoms with Crippen molar-refractivity contribution >= 4 is 37.4 Å². The first-order valence-corrected chi connectivity index (χ1v) is 5.86. The number of hydrogen-bond acceptors (Lipinski definition) is 2. The minimum Gasteiger partial charge on any atom is -0.195 e. The van der Waals surface area contributed by atoms with Crippen molar-refractivity contribution in [1.82, 2.24) is 0 Å². The van der Waals surface area contributed by atoms with Crippen molar-refractivity contribution in [2.75, 3.05) is 0 Å². The van der Waals surface area contributed by atoms with Gasteiger partial charge < -0.3 is 0 Å². The highest BCUT2D eigenvalue weighted by Gasteiger charge is 2.07. The zero-order valence-corrected chi connectivity index (χ0v) is 9.45. The molecule has 4 heteroatoms. The average molecular weight is 270 g/mol. The van der Waals surface area contributed by atoms with Crippen molar-refractivity contribution in [3.05, 3.63) is 34.5 Å². The largest absolute Gasteiger partial charge is 0.195 e. The van der Waals surface area contributed by atoms with Crippen LogP contribution in [0.2, 0.25) is 0 Å². The van der Waals surface area contributed by atoms with Crippen molar-refractivity contribution in [3.63, 3.8) is 0 Å². The Morgan fingerprint density at radius 2 is 2.21 bits per heavy atom. The van der Waals surface area contributed by atoms with Gasteiger partial charge in [0.2, 0.25) is 0 Å². The molecular formula is C10H5BrFNS. The van der Waals surface area contributed by atoms with E-state index < -0.39 is 0 Å². The number of benzene rings is 1. The Kier molecular flexibility index (Phi) is 2.53. The van der Waals surface area contributed by atoms with E-state index >= 15 is 0 Å². The van der Waals surface area contributed by atoms with Crippen molar-refractivity contribution in [2.24, 2.45) is 0 Å². The first-order chi connectivity index (χ1) is 6.74. The second-order valence-electron chi connectivity index (χ2n) is 2.85. The summed E-state index contributed by atoms with van der Waals surface area (Å²) in [7, 11) is 0. The van der Waals surface area contributed by atoms with Crippen LogP contribution in [0.15, 0.2) is 18.2 Å². The molecule has 70 valence electrons. The number of alkyl halides is 1. The number of rotatable bonds is 1. The molecule has 0 fully saturated rings. The normalized spacial score (nSPS) is 10.4. The molecule has 1 aromatic carbocycles. The van der Waals surface area contributed by atoms with E-state index in [-0.39, 0.29) is 5.13 Å². The van der Waals surface area contributed by atoms with E-state index in [1.807, 2.05) is 6.07 Å². The lowest BCUT2D eigenvalue weighted by atomic mass is 10.1. The molecular weight excluding hydrogens is 265 g/mol. The molecule has 0 aliphatic heterocycles. The van der Waals surface area contributed by atoms with Crippen LogP contribution in [0.4, 0.5) is 4.39 Å². The standard InChI is InChI=1S/C10H5BrFNS/c11-4-6-1-7(5-13)8-3-10(12)14-9(8)2-6/h1-3H,4H2. The molecule has 0 amide bonds. The van der Waals surface area contributed by atoms with Gasteiger partial charge in [-0.1, -0.05) is 15.9 Å². The molecule has 1 heterocycles. The number of halogens is 2. The third-order valence-corrected chi connectivity index (χ3v) is 3.46. The quantitative estimate of drug-likeness (QED) is 0.723. The maximum Gasteiger partial charge on any atom is 0.177 e. The lowest BCUT2D eigenvalue weighted by molar-refractivity contribution is 0.658. The Bertz CT molecular complexity index is 527. The lowest BCUT2D eigenvalue weighted by Crippen LogP contribution is -1.81. The molecule has 2 rings (SSSR count). The number of hydrogen-bond donors (Lipinski definition) is 0. The maximum atomic E-state index is 13.0. The minimum absolute atomic E-state index is 0.247. The Morgan fingerprint density at radius 1 is 1.43 bits per heavy atom. The topological polar surface area (TPSA) is 23.8 Å². The molecule has 0 saturated heterocycles. The van der Waals surface area contributed by atoms with E-state index in [0.717, 1.165) is 21.6 Å².